The van der Waals surface area contributed by atoms with Gasteiger partial charge in [0.25, 0.3) is 0 Å². The van der Waals surface area contributed by atoms with Gasteiger partial charge >= 0.3 is 6.18 Å². The number of rotatable bonds is 12. The molecule has 0 aromatic heterocycles. The van der Waals surface area contributed by atoms with Crippen molar-refractivity contribution in [2.75, 3.05) is 0 Å². The van der Waals surface area contributed by atoms with Gasteiger partial charge in [-0.05, 0) is 124 Å². The van der Waals surface area contributed by atoms with Crippen molar-refractivity contribution in [2.24, 2.45) is 0 Å². The molecule has 0 amide bonds. The van der Waals surface area contributed by atoms with Crippen LogP contribution in [0.15, 0.2) is 57.9 Å². The maximum Gasteiger partial charge on any atom is 0.416 e. The quantitative estimate of drug-likeness (QED) is 0.166. The normalized spacial score (nSPS) is 14.5. The fraction of sp³-hybridized carbons (Fsp3) is 0.486. The van der Waals surface area contributed by atoms with Crippen molar-refractivity contribution in [3.8, 4) is 10.6 Å². The zero-order valence-electron chi connectivity index (χ0n) is 26.0. The number of hydrogen-bond donors (Lipinski definition) is 1. The second kappa shape index (κ2) is 14.1. The van der Waals surface area contributed by atoms with Crippen molar-refractivity contribution in [3.63, 3.8) is 0 Å². The van der Waals surface area contributed by atoms with Crippen LogP contribution in [0.25, 0.3) is 20.8 Å². The first-order valence-electron chi connectivity index (χ1n) is 14.7. The van der Waals surface area contributed by atoms with E-state index < -0.39 is 17.3 Å². The summed E-state index contributed by atoms with van der Waals surface area (Å²) in [4.78, 5) is 18.6. The molecule has 3 rings (SSSR count). The summed E-state index contributed by atoms with van der Waals surface area (Å²) in [6.07, 6.45) is 8.42. The van der Waals surface area contributed by atoms with E-state index in [1.165, 1.54) is 34.1 Å². The molecule has 0 unspecified atom stereocenters. The highest BCUT2D eigenvalue weighted by Crippen LogP contribution is 2.39. The number of fused-ring (bicyclic) bond motifs is 2. The molecule has 7 heteroatoms. The Hall–Kier alpha value is -2.77. The number of aromatic nitrogens is 1. The zero-order valence-corrected chi connectivity index (χ0v) is 26.8. The van der Waals surface area contributed by atoms with Crippen LogP contribution in [-0.2, 0) is 12.6 Å². The van der Waals surface area contributed by atoms with Crippen molar-refractivity contribution in [1.29, 1.82) is 0 Å². The lowest BCUT2D eigenvalue weighted by Gasteiger charge is -2.24. The number of allylic oxidation sites excluding steroid dienone is 6. The first kappa shape index (κ1) is 33.7. The van der Waals surface area contributed by atoms with Crippen LogP contribution in [0.1, 0.15) is 102 Å². The minimum atomic E-state index is -4.46. The van der Waals surface area contributed by atoms with E-state index in [0.717, 1.165) is 49.8 Å². The Kier molecular flexibility index (Phi) is 11.4. The van der Waals surface area contributed by atoms with Crippen molar-refractivity contribution in [3.05, 3.63) is 85.6 Å². The molecule has 0 radical (unpaired) electrons. The number of hydrogen-bond acceptors (Lipinski definition) is 4. The summed E-state index contributed by atoms with van der Waals surface area (Å²) in [5.74, 6) is 0. The second-order valence-electron chi connectivity index (χ2n) is 12.1. The molecule has 0 saturated carbocycles. The fourth-order valence-electron chi connectivity index (χ4n) is 5.04. The van der Waals surface area contributed by atoms with Crippen LogP contribution >= 0.6 is 11.3 Å². The number of alkyl halides is 3. The van der Waals surface area contributed by atoms with E-state index in [2.05, 4.69) is 50.9 Å². The monoisotopic (exact) mass is 599 g/mol. The van der Waals surface area contributed by atoms with Crippen LogP contribution in [0.3, 0.4) is 0 Å². The minimum absolute atomic E-state index is 0.125. The Morgan fingerprint density at radius 2 is 1.55 bits per heavy atom. The van der Waals surface area contributed by atoms with Crippen molar-refractivity contribution >= 4 is 21.6 Å². The van der Waals surface area contributed by atoms with Gasteiger partial charge in [-0.2, -0.15) is 13.2 Å². The summed E-state index contributed by atoms with van der Waals surface area (Å²) in [5, 5.41) is 11.2. The third-order valence-electron chi connectivity index (χ3n) is 7.96. The van der Waals surface area contributed by atoms with E-state index in [4.69, 9.17) is 0 Å². The molecule has 1 heterocycles. The van der Waals surface area contributed by atoms with Crippen molar-refractivity contribution < 1.29 is 18.3 Å². The molecular formula is C35H44F3NO2S. The van der Waals surface area contributed by atoms with E-state index in [0.29, 0.717) is 51.2 Å². The predicted molar refractivity (Wildman–Crippen MR) is 171 cm³/mol. The highest BCUT2D eigenvalue weighted by molar-refractivity contribution is 7.21. The molecule has 1 aromatic carbocycles. The first-order chi connectivity index (χ1) is 19.6. The van der Waals surface area contributed by atoms with E-state index in [-0.39, 0.29) is 5.43 Å². The lowest BCUT2D eigenvalue weighted by Crippen LogP contribution is -2.26. The standard InChI is InChI=1S/C35H44F3NO2S/c1-22(2)11-8-12-23(3)13-9-14-24(4)15-10-19-34(7,41)20-18-28-32(40)26(6)25(5)31-33(28)42-30-21-27(35(36,37)38)16-17-29(30)39-31/h11,13,15-17,21,41H,8-10,12,14,18-20H2,1-7H3/b23-13-,24-15-/t34-/m1/s1. The summed E-state index contributed by atoms with van der Waals surface area (Å²) in [5.41, 5.74) is 5.14. The summed E-state index contributed by atoms with van der Waals surface area (Å²) < 4.78 is 40.4. The molecule has 1 N–H and O–H groups in total. The number of halogens is 3. The maximum absolute atomic E-state index is 13.3. The summed E-state index contributed by atoms with van der Waals surface area (Å²) >= 11 is 1.17. The number of aliphatic hydroxyl groups is 1. The fourth-order valence-corrected chi connectivity index (χ4v) is 6.28. The van der Waals surface area contributed by atoms with E-state index in [1.807, 2.05) is 6.92 Å². The smallest absolute Gasteiger partial charge is 0.390 e. The average Bonchev–Trinajstić information content (AvgIpc) is 2.89. The van der Waals surface area contributed by atoms with Gasteiger partial charge in [0.2, 0.25) is 0 Å². The highest BCUT2D eigenvalue weighted by Gasteiger charge is 2.31. The molecule has 228 valence electrons. The third-order valence-corrected chi connectivity index (χ3v) is 9.16. The van der Waals surface area contributed by atoms with Gasteiger partial charge < -0.3 is 5.11 Å². The second-order valence-corrected chi connectivity index (χ2v) is 13.2. The Labute approximate surface area is 252 Å². The SMILES string of the molecule is CC(C)=CCC/C(C)=C\CC/C(C)=C\CC[C@@](C)(O)CCc1c2sc3cc(C(F)(F)F)ccc3nc-2c(C)c(C)c1=O. The Morgan fingerprint density at radius 3 is 2.17 bits per heavy atom. The number of benzene rings is 2. The van der Waals surface area contributed by atoms with E-state index >= 15 is 0 Å². The van der Waals surface area contributed by atoms with Crippen LogP contribution in [0.2, 0.25) is 0 Å². The van der Waals surface area contributed by atoms with Crippen LogP contribution in [0.5, 0.6) is 0 Å². The topological polar surface area (TPSA) is 50.2 Å². The van der Waals surface area contributed by atoms with Crippen LogP contribution in [-0.4, -0.2) is 15.7 Å². The van der Waals surface area contributed by atoms with Gasteiger partial charge in [-0.1, -0.05) is 34.9 Å². The number of nitrogens with zero attached hydrogens (tertiary/aromatic N) is 1. The molecule has 3 nitrogen and oxygen atoms in total. The van der Waals surface area contributed by atoms with Gasteiger partial charge in [0.15, 0.2) is 5.43 Å². The average molecular weight is 600 g/mol. The molecule has 1 aromatic rings. The van der Waals surface area contributed by atoms with Gasteiger partial charge in [-0.25, -0.2) is 4.98 Å². The van der Waals surface area contributed by atoms with E-state index in [9.17, 15) is 23.1 Å². The third kappa shape index (κ3) is 9.11. The summed E-state index contributed by atoms with van der Waals surface area (Å²) in [7, 11) is 0. The minimum Gasteiger partial charge on any atom is -0.390 e. The highest BCUT2D eigenvalue weighted by atomic mass is 32.1. The van der Waals surface area contributed by atoms with Crippen LogP contribution in [0.4, 0.5) is 13.2 Å². The molecule has 42 heavy (non-hydrogen) atoms. The Bertz CT molecular complexity index is 1520. The lowest BCUT2D eigenvalue weighted by atomic mass is 9.89. The molecule has 0 saturated heterocycles. The molecule has 1 aliphatic heterocycles. The lowest BCUT2D eigenvalue weighted by molar-refractivity contribution is -0.137. The molecule has 1 atom stereocenters. The van der Waals surface area contributed by atoms with Gasteiger partial charge in [0.05, 0.1) is 32.0 Å². The summed E-state index contributed by atoms with van der Waals surface area (Å²) in [6.45, 7) is 13.9. The van der Waals surface area contributed by atoms with Crippen molar-refractivity contribution in [2.45, 2.75) is 112 Å². The molecule has 0 spiro atoms. The molecule has 0 fully saturated rings. The largest absolute Gasteiger partial charge is 0.416 e. The van der Waals surface area contributed by atoms with Crippen LogP contribution < -0.4 is 5.43 Å². The van der Waals surface area contributed by atoms with Gasteiger partial charge in [-0.15, -0.1) is 11.3 Å². The van der Waals surface area contributed by atoms with Crippen molar-refractivity contribution in [1.82, 2.24) is 4.98 Å². The van der Waals surface area contributed by atoms with Gasteiger partial charge in [0.1, 0.15) is 0 Å². The first-order valence-corrected chi connectivity index (χ1v) is 15.5. The van der Waals surface area contributed by atoms with E-state index in [1.54, 1.807) is 13.8 Å². The molecule has 1 aliphatic carbocycles. The molecular weight excluding hydrogens is 555 g/mol. The zero-order chi connectivity index (χ0) is 31.2. The predicted octanol–water partition coefficient (Wildman–Crippen LogP) is 10.3. The maximum atomic E-state index is 13.3. The van der Waals surface area contributed by atoms with Crippen LogP contribution in [0, 0.1) is 13.8 Å². The Balaban J connectivity index is 1.70. The molecule has 2 aliphatic rings. The van der Waals surface area contributed by atoms with Gasteiger partial charge in [-0.3, -0.25) is 4.79 Å². The van der Waals surface area contributed by atoms with Gasteiger partial charge in [0, 0.05) is 11.1 Å². The molecule has 0 bridgehead atoms. The Morgan fingerprint density at radius 1 is 0.929 bits per heavy atom. The summed E-state index contributed by atoms with van der Waals surface area (Å²) in [6, 6.07) is 3.52.